The fraction of sp³-hybridized carbons (Fsp3) is 0.500. The Labute approximate surface area is 133 Å². The molecule has 1 fully saturated rings. The van der Waals surface area contributed by atoms with E-state index in [9.17, 15) is 9.18 Å². The number of benzene rings is 1. The van der Waals surface area contributed by atoms with Crippen molar-refractivity contribution in [3.05, 3.63) is 29.1 Å². The second-order valence-electron chi connectivity index (χ2n) is 5.28. The summed E-state index contributed by atoms with van der Waals surface area (Å²) in [6.45, 7) is 5.61. The van der Waals surface area contributed by atoms with E-state index in [1.54, 1.807) is 0 Å². The van der Waals surface area contributed by atoms with Crippen LogP contribution in [0.15, 0.2) is 12.1 Å². The summed E-state index contributed by atoms with van der Waals surface area (Å²) in [5, 5.41) is 2.94. The molecule has 1 aliphatic carbocycles. The van der Waals surface area contributed by atoms with Gasteiger partial charge < -0.3 is 5.32 Å². The molecule has 1 aromatic carbocycles. The molecular formula is C14H18FNOY. The molecule has 1 radical (unpaired) electrons. The normalized spacial score (nSPS) is 16.4. The van der Waals surface area contributed by atoms with E-state index in [2.05, 4.69) is 5.32 Å². The number of aryl methyl sites for hydroxylation is 2. The Morgan fingerprint density at radius 1 is 1.28 bits per heavy atom. The third-order valence-corrected chi connectivity index (χ3v) is 3.74. The molecule has 1 amide bonds. The molecule has 1 aliphatic rings. The predicted molar refractivity (Wildman–Crippen MR) is 66.5 cm³/mol. The number of hydrogen-bond acceptors (Lipinski definition) is 1. The Kier molecular flexibility index (Phi) is 5.08. The molecule has 18 heavy (non-hydrogen) atoms. The monoisotopic (exact) mass is 324 g/mol. The van der Waals surface area contributed by atoms with Gasteiger partial charge in [0.05, 0.1) is 0 Å². The summed E-state index contributed by atoms with van der Waals surface area (Å²) in [4.78, 5) is 12.1. The first-order valence-corrected chi connectivity index (χ1v) is 6.00. The molecule has 95 valence electrons. The van der Waals surface area contributed by atoms with Gasteiger partial charge in [-0.05, 0) is 49.9 Å². The number of anilines is 1. The number of carbonyl (C=O) groups excluding carboxylic acids is 1. The number of rotatable bonds is 2. The molecule has 4 heteroatoms. The first kappa shape index (κ1) is 15.8. The number of halogens is 1. The van der Waals surface area contributed by atoms with E-state index in [1.807, 2.05) is 20.8 Å². The quantitative estimate of drug-likeness (QED) is 0.885. The molecule has 1 saturated carbocycles. The van der Waals surface area contributed by atoms with Gasteiger partial charge >= 0.3 is 0 Å². The van der Waals surface area contributed by atoms with Crippen LogP contribution in [0.1, 0.15) is 37.3 Å². The molecule has 0 aromatic heterocycles. The molecule has 1 N–H and O–H groups in total. The number of carbonyl (C=O) groups is 1. The third kappa shape index (κ3) is 3.00. The van der Waals surface area contributed by atoms with E-state index in [0.717, 1.165) is 36.1 Å². The van der Waals surface area contributed by atoms with E-state index < -0.39 is 0 Å². The predicted octanol–water partition coefficient (Wildman–Crippen LogP) is 3.57. The molecule has 2 nitrogen and oxygen atoms in total. The fourth-order valence-electron chi connectivity index (χ4n) is 2.31. The van der Waals surface area contributed by atoms with Gasteiger partial charge in [0.2, 0.25) is 5.91 Å². The number of hydrogen-bond donors (Lipinski definition) is 1. The molecular weight excluding hydrogens is 306 g/mol. The maximum atomic E-state index is 13.1. The first-order valence-electron chi connectivity index (χ1n) is 6.00. The molecule has 0 saturated heterocycles. The second kappa shape index (κ2) is 5.79. The fourth-order valence-corrected chi connectivity index (χ4v) is 2.31. The summed E-state index contributed by atoms with van der Waals surface area (Å²) >= 11 is 0. The van der Waals surface area contributed by atoms with Crippen LogP contribution in [0, 0.1) is 25.1 Å². The van der Waals surface area contributed by atoms with Crippen molar-refractivity contribution in [2.24, 2.45) is 5.41 Å². The van der Waals surface area contributed by atoms with Gasteiger partial charge in [-0.15, -0.1) is 0 Å². The van der Waals surface area contributed by atoms with Crippen molar-refractivity contribution in [2.75, 3.05) is 5.32 Å². The minimum absolute atomic E-state index is 0. The topological polar surface area (TPSA) is 29.1 Å². The van der Waals surface area contributed by atoms with Crippen LogP contribution < -0.4 is 5.32 Å². The summed E-state index contributed by atoms with van der Waals surface area (Å²) < 4.78 is 13.1. The zero-order valence-corrected chi connectivity index (χ0v) is 14.0. The third-order valence-electron chi connectivity index (χ3n) is 3.74. The van der Waals surface area contributed by atoms with Crippen molar-refractivity contribution in [3.8, 4) is 0 Å². The standard InChI is InChI=1S/C14H18FNO.Y/c1-9-7-11(15)8-10(2)12(9)16-13(17)14(3)5-4-6-14;/h7-8H,4-6H2,1-3H3,(H,16,17);. The first-order chi connectivity index (χ1) is 7.92. The van der Waals surface area contributed by atoms with Gasteiger partial charge in [-0.25, -0.2) is 4.39 Å². The number of amides is 1. The van der Waals surface area contributed by atoms with E-state index in [1.165, 1.54) is 12.1 Å². The molecule has 1 aromatic rings. The van der Waals surface area contributed by atoms with Crippen molar-refractivity contribution in [1.82, 2.24) is 0 Å². The maximum absolute atomic E-state index is 13.1. The van der Waals surface area contributed by atoms with Crippen LogP contribution >= 0.6 is 0 Å². The van der Waals surface area contributed by atoms with Crippen molar-refractivity contribution >= 4 is 11.6 Å². The van der Waals surface area contributed by atoms with Crippen LogP contribution in [-0.4, -0.2) is 5.91 Å². The van der Waals surface area contributed by atoms with Crippen LogP contribution in [0.4, 0.5) is 10.1 Å². The molecule has 0 aliphatic heterocycles. The van der Waals surface area contributed by atoms with Crippen LogP contribution in [0.5, 0.6) is 0 Å². The van der Waals surface area contributed by atoms with Crippen LogP contribution in [0.3, 0.4) is 0 Å². The Hall–Kier alpha value is -0.276. The van der Waals surface area contributed by atoms with Crippen molar-refractivity contribution in [2.45, 2.75) is 40.0 Å². The average Bonchev–Trinajstić information content (AvgIpc) is 2.19. The summed E-state index contributed by atoms with van der Waals surface area (Å²) in [7, 11) is 0. The second-order valence-corrected chi connectivity index (χ2v) is 5.28. The van der Waals surface area contributed by atoms with Gasteiger partial charge in [0, 0.05) is 43.8 Å². The van der Waals surface area contributed by atoms with Gasteiger partial charge in [0.25, 0.3) is 0 Å². The van der Waals surface area contributed by atoms with Crippen molar-refractivity contribution < 1.29 is 41.9 Å². The Morgan fingerprint density at radius 2 is 1.78 bits per heavy atom. The summed E-state index contributed by atoms with van der Waals surface area (Å²) in [5.41, 5.74) is 2.08. The minimum Gasteiger partial charge on any atom is -0.325 e. The van der Waals surface area contributed by atoms with Crippen molar-refractivity contribution in [1.29, 1.82) is 0 Å². The van der Waals surface area contributed by atoms with E-state index in [0.29, 0.717) is 0 Å². The zero-order valence-electron chi connectivity index (χ0n) is 11.1. The van der Waals surface area contributed by atoms with E-state index in [-0.39, 0.29) is 49.8 Å². The Bertz CT molecular complexity index is 446. The van der Waals surface area contributed by atoms with Gasteiger partial charge in [-0.1, -0.05) is 13.3 Å². The summed E-state index contributed by atoms with van der Waals surface area (Å²) in [5.74, 6) is -0.200. The van der Waals surface area contributed by atoms with Gasteiger partial charge in [0.1, 0.15) is 5.82 Å². The molecule has 0 unspecified atom stereocenters. The zero-order chi connectivity index (χ0) is 12.6. The van der Waals surface area contributed by atoms with Crippen LogP contribution in [0.25, 0.3) is 0 Å². The van der Waals surface area contributed by atoms with E-state index >= 15 is 0 Å². The van der Waals surface area contributed by atoms with Gasteiger partial charge in [-0.2, -0.15) is 0 Å². The molecule has 0 spiro atoms. The molecule has 0 atom stereocenters. The smallest absolute Gasteiger partial charge is 0.230 e. The van der Waals surface area contributed by atoms with Crippen LogP contribution in [0.2, 0.25) is 0 Å². The van der Waals surface area contributed by atoms with Gasteiger partial charge in [0.15, 0.2) is 0 Å². The van der Waals surface area contributed by atoms with Crippen LogP contribution in [-0.2, 0) is 37.5 Å². The van der Waals surface area contributed by atoms with E-state index in [4.69, 9.17) is 0 Å². The molecule has 0 heterocycles. The summed E-state index contributed by atoms with van der Waals surface area (Å²) in [6, 6.07) is 2.90. The largest absolute Gasteiger partial charge is 0.325 e. The molecule has 2 rings (SSSR count). The summed E-state index contributed by atoms with van der Waals surface area (Å²) in [6.07, 6.45) is 3.00. The maximum Gasteiger partial charge on any atom is 0.230 e. The van der Waals surface area contributed by atoms with Gasteiger partial charge in [-0.3, -0.25) is 4.79 Å². The SMILES string of the molecule is Cc1cc(F)cc(C)c1NC(=O)C1(C)CCC1.[Y]. The average molecular weight is 324 g/mol. The van der Waals surface area contributed by atoms with Crippen molar-refractivity contribution in [3.63, 3.8) is 0 Å². The minimum atomic E-state index is -0.257. The molecule has 0 bridgehead atoms. The Balaban J connectivity index is 0.00000162. The number of nitrogens with one attached hydrogen (secondary N) is 1. The Morgan fingerprint density at radius 3 is 2.17 bits per heavy atom.